The fourth-order valence-electron chi connectivity index (χ4n) is 1.80. The molecule has 0 bridgehead atoms. The summed E-state index contributed by atoms with van der Waals surface area (Å²) in [6.45, 7) is 1.81. The molecule has 0 spiro atoms. The van der Waals surface area contributed by atoms with Crippen molar-refractivity contribution in [3.8, 4) is 0 Å². The van der Waals surface area contributed by atoms with Crippen molar-refractivity contribution in [2.24, 2.45) is 5.92 Å². The number of hydrogen-bond acceptors (Lipinski definition) is 3. The van der Waals surface area contributed by atoms with Crippen LogP contribution in [0.2, 0.25) is 0 Å². The van der Waals surface area contributed by atoms with E-state index in [0.717, 1.165) is 4.88 Å². The van der Waals surface area contributed by atoms with E-state index in [2.05, 4.69) is 0 Å². The third kappa shape index (κ3) is 2.93. The molecule has 1 aromatic heterocycles. The Morgan fingerprint density at radius 3 is 2.44 bits per heavy atom. The van der Waals surface area contributed by atoms with Crippen molar-refractivity contribution in [1.82, 2.24) is 0 Å². The van der Waals surface area contributed by atoms with Gasteiger partial charge in [-0.15, -0.1) is 11.3 Å². The number of Topliss-reactive ketones (excluding diaryl/α,β-unsaturated/α-hetero) is 2. The molecule has 2 rings (SSSR count). The van der Waals surface area contributed by atoms with Crippen molar-refractivity contribution in [2.45, 2.75) is 13.3 Å². The second kappa shape index (κ2) is 5.74. The summed E-state index contributed by atoms with van der Waals surface area (Å²) in [5.41, 5.74) is 0.670. The molecule has 0 aliphatic carbocycles. The third-order valence-electron chi connectivity index (χ3n) is 2.79. The Kier molecular flexibility index (Phi) is 4.05. The summed E-state index contributed by atoms with van der Waals surface area (Å²) in [5, 5.41) is 1.87. The highest BCUT2D eigenvalue weighted by atomic mass is 32.1. The largest absolute Gasteiger partial charge is 0.294 e. The quantitative estimate of drug-likeness (QED) is 0.764. The first kappa shape index (κ1) is 12.7. The van der Waals surface area contributed by atoms with Crippen molar-refractivity contribution in [3.05, 3.63) is 58.3 Å². The van der Waals surface area contributed by atoms with Crippen molar-refractivity contribution in [2.75, 3.05) is 0 Å². The number of ketones is 2. The maximum Gasteiger partial charge on any atom is 0.173 e. The normalized spacial score (nSPS) is 12.1. The average Bonchev–Trinajstić information content (AvgIpc) is 2.92. The summed E-state index contributed by atoms with van der Waals surface area (Å²) in [6, 6.07) is 12.8. The van der Waals surface area contributed by atoms with Gasteiger partial charge in [0.15, 0.2) is 11.6 Å². The van der Waals surface area contributed by atoms with Gasteiger partial charge >= 0.3 is 0 Å². The van der Waals surface area contributed by atoms with Crippen molar-refractivity contribution in [3.63, 3.8) is 0 Å². The molecule has 0 radical (unpaired) electrons. The zero-order chi connectivity index (χ0) is 13.0. The lowest BCUT2D eigenvalue weighted by atomic mass is 9.94. The predicted molar refractivity (Wildman–Crippen MR) is 73.2 cm³/mol. The van der Waals surface area contributed by atoms with E-state index in [1.165, 1.54) is 11.3 Å². The molecule has 2 nitrogen and oxygen atoms in total. The Bertz CT molecular complexity index is 529. The first-order valence-corrected chi connectivity index (χ1v) is 6.72. The molecule has 0 saturated heterocycles. The molecule has 0 saturated carbocycles. The number of hydrogen-bond donors (Lipinski definition) is 0. The molecule has 1 aromatic carbocycles. The molecule has 92 valence electrons. The number of benzene rings is 1. The molecule has 18 heavy (non-hydrogen) atoms. The Hall–Kier alpha value is -1.74. The van der Waals surface area contributed by atoms with Gasteiger partial charge in [0, 0.05) is 17.9 Å². The SMILES string of the molecule is C[C@@H](CC(=O)c1cccs1)C(=O)c1ccccc1. The number of carbonyl (C=O) groups excluding carboxylic acids is 2. The van der Waals surface area contributed by atoms with Gasteiger partial charge < -0.3 is 0 Å². The van der Waals surface area contributed by atoms with Crippen LogP contribution >= 0.6 is 11.3 Å². The lowest BCUT2D eigenvalue weighted by Gasteiger charge is -2.08. The Labute approximate surface area is 110 Å². The molecule has 2 aromatic rings. The van der Waals surface area contributed by atoms with Gasteiger partial charge in [-0.1, -0.05) is 43.3 Å². The number of carbonyl (C=O) groups is 2. The molecular weight excluding hydrogens is 244 g/mol. The van der Waals surface area contributed by atoms with E-state index in [-0.39, 0.29) is 23.9 Å². The van der Waals surface area contributed by atoms with Crippen LogP contribution in [0.4, 0.5) is 0 Å². The lowest BCUT2D eigenvalue weighted by molar-refractivity contribution is 0.0865. The average molecular weight is 258 g/mol. The third-order valence-corrected chi connectivity index (χ3v) is 3.70. The van der Waals surface area contributed by atoms with Crippen molar-refractivity contribution >= 4 is 22.9 Å². The van der Waals surface area contributed by atoms with E-state index in [1.54, 1.807) is 25.1 Å². The molecule has 0 aliphatic rings. The molecule has 1 heterocycles. The maximum atomic E-state index is 12.1. The van der Waals surface area contributed by atoms with Crippen LogP contribution in [-0.4, -0.2) is 11.6 Å². The zero-order valence-electron chi connectivity index (χ0n) is 10.1. The monoisotopic (exact) mass is 258 g/mol. The van der Waals surface area contributed by atoms with Crippen LogP contribution in [0.15, 0.2) is 47.8 Å². The molecule has 0 unspecified atom stereocenters. The minimum Gasteiger partial charge on any atom is -0.294 e. The van der Waals surface area contributed by atoms with Crippen LogP contribution in [0, 0.1) is 5.92 Å². The van der Waals surface area contributed by atoms with Gasteiger partial charge in [-0.3, -0.25) is 9.59 Å². The molecule has 0 fully saturated rings. The molecule has 1 atom stereocenters. The molecule has 0 amide bonds. The summed E-state index contributed by atoms with van der Waals surface area (Å²) in [5.74, 6) is -0.204. The highest BCUT2D eigenvalue weighted by Gasteiger charge is 2.19. The highest BCUT2D eigenvalue weighted by molar-refractivity contribution is 7.12. The molecule has 3 heteroatoms. The fraction of sp³-hybridized carbons (Fsp3) is 0.200. The Balaban J connectivity index is 2.02. The van der Waals surface area contributed by atoms with Crippen molar-refractivity contribution < 1.29 is 9.59 Å². The van der Waals surface area contributed by atoms with Crippen LogP contribution in [0.1, 0.15) is 33.4 Å². The van der Waals surface area contributed by atoms with Gasteiger partial charge in [0.25, 0.3) is 0 Å². The number of rotatable bonds is 5. The minimum atomic E-state index is -0.276. The van der Waals surface area contributed by atoms with Gasteiger partial charge in [-0.25, -0.2) is 0 Å². The fourth-order valence-corrected chi connectivity index (χ4v) is 2.47. The lowest BCUT2D eigenvalue weighted by Crippen LogP contribution is -2.15. The maximum absolute atomic E-state index is 12.1. The van der Waals surface area contributed by atoms with Gasteiger partial charge in [0.2, 0.25) is 0 Å². The van der Waals surface area contributed by atoms with E-state index < -0.39 is 0 Å². The summed E-state index contributed by atoms with van der Waals surface area (Å²) in [4.78, 5) is 24.7. The van der Waals surface area contributed by atoms with Crippen LogP contribution in [0.25, 0.3) is 0 Å². The van der Waals surface area contributed by atoms with E-state index in [0.29, 0.717) is 5.56 Å². The van der Waals surface area contributed by atoms with E-state index in [4.69, 9.17) is 0 Å². The molecular formula is C15H14O2S. The topological polar surface area (TPSA) is 34.1 Å². The molecule has 0 aliphatic heterocycles. The highest BCUT2D eigenvalue weighted by Crippen LogP contribution is 2.18. The van der Waals surface area contributed by atoms with E-state index in [9.17, 15) is 9.59 Å². The van der Waals surface area contributed by atoms with Crippen LogP contribution in [0.3, 0.4) is 0 Å². The molecule has 0 N–H and O–H groups in total. The number of thiophene rings is 1. The van der Waals surface area contributed by atoms with Crippen LogP contribution in [0.5, 0.6) is 0 Å². The van der Waals surface area contributed by atoms with E-state index >= 15 is 0 Å². The van der Waals surface area contributed by atoms with Gasteiger partial charge in [0.1, 0.15) is 0 Å². The van der Waals surface area contributed by atoms with Gasteiger partial charge in [-0.2, -0.15) is 0 Å². The van der Waals surface area contributed by atoms with Crippen molar-refractivity contribution in [1.29, 1.82) is 0 Å². The van der Waals surface area contributed by atoms with Crippen LogP contribution < -0.4 is 0 Å². The van der Waals surface area contributed by atoms with Gasteiger partial charge in [0.05, 0.1) is 4.88 Å². The summed E-state index contributed by atoms with van der Waals surface area (Å²) < 4.78 is 0. The standard InChI is InChI=1S/C15H14O2S/c1-11(10-13(16)14-8-5-9-18-14)15(17)12-6-3-2-4-7-12/h2-9,11H,10H2,1H3/t11-/m0/s1. The second-order valence-corrected chi connectivity index (χ2v) is 5.18. The summed E-state index contributed by atoms with van der Waals surface area (Å²) >= 11 is 1.42. The smallest absolute Gasteiger partial charge is 0.173 e. The summed E-state index contributed by atoms with van der Waals surface area (Å²) in [6.07, 6.45) is 0.272. The van der Waals surface area contributed by atoms with Gasteiger partial charge in [-0.05, 0) is 11.4 Å². The zero-order valence-corrected chi connectivity index (χ0v) is 10.9. The Morgan fingerprint density at radius 2 is 1.83 bits per heavy atom. The van der Waals surface area contributed by atoms with E-state index in [1.807, 2.05) is 29.6 Å². The second-order valence-electron chi connectivity index (χ2n) is 4.24. The summed E-state index contributed by atoms with van der Waals surface area (Å²) in [7, 11) is 0. The van der Waals surface area contributed by atoms with Crippen LogP contribution in [-0.2, 0) is 0 Å². The predicted octanol–water partition coefficient (Wildman–Crippen LogP) is 3.84. The minimum absolute atomic E-state index is 0.0282. The first-order valence-electron chi connectivity index (χ1n) is 5.84. The Morgan fingerprint density at radius 1 is 1.11 bits per heavy atom. The first-order chi connectivity index (χ1) is 8.68.